The van der Waals surface area contributed by atoms with Crippen LogP contribution in [0.1, 0.15) is 70.2 Å². The predicted molar refractivity (Wildman–Crippen MR) is 125 cm³/mol. The summed E-state index contributed by atoms with van der Waals surface area (Å²) < 4.78 is 0. The number of amides is 1. The van der Waals surface area contributed by atoms with Gasteiger partial charge in [-0.3, -0.25) is 19.3 Å². The van der Waals surface area contributed by atoms with Crippen LogP contribution in [0.25, 0.3) is 0 Å². The molecule has 3 rings (SSSR count). The van der Waals surface area contributed by atoms with Gasteiger partial charge in [0.1, 0.15) is 5.78 Å². The molecule has 5 nitrogen and oxygen atoms in total. The van der Waals surface area contributed by atoms with E-state index in [-0.39, 0.29) is 49.2 Å². The minimum absolute atomic E-state index is 0.00227. The molecular weight excluding hydrogens is 408 g/mol. The molecule has 1 aliphatic rings. The number of hydrogen-bond donors (Lipinski definition) is 1. The van der Waals surface area contributed by atoms with Crippen LogP contribution in [0.3, 0.4) is 0 Å². The molecule has 1 unspecified atom stereocenters. The van der Waals surface area contributed by atoms with E-state index < -0.39 is 0 Å². The highest BCUT2D eigenvalue weighted by Crippen LogP contribution is 2.25. The van der Waals surface area contributed by atoms with Crippen molar-refractivity contribution in [3.05, 3.63) is 57.3 Å². The summed E-state index contributed by atoms with van der Waals surface area (Å²) in [5, 5.41) is 3.02. The molecule has 0 spiro atoms. The van der Waals surface area contributed by atoms with Crippen molar-refractivity contribution >= 4 is 28.8 Å². The fraction of sp³-hybridized carbons (Fsp3) is 0.480. The molecule has 1 aromatic carbocycles. The first kappa shape index (κ1) is 23.4. The van der Waals surface area contributed by atoms with Gasteiger partial charge in [0.25, 0.3) is 0 Å². The van der Waals surface area contributed by atoms with E-state index in [1.165, 1.54) is 35.3 Å². The van der Waals surface area contributed by atoms with Gasteiger partial charge in [0.05, 0.1) is 10.9 Å². The Balaban J connectivity index is 1.42. The van der Waals surface area contributed by atoms with Gasteiger partial charge >= 0.3 is 0 Å². The van der Waals surface area contributed by atoms with Crippen molar-refractivity contribution in [3.8, 4) is 0 Å². The van der Waals surface area contributed by atoms with Crippen molar-refractivity contribution in [1.82, 2.24) is 10.2 Å². The number of carbonyl (C=O) groups is 3. The van der Waals surface area contributed by atoms with Crippen LogP contribution < -0.4 is 5.32 Å². The minimum atomic E-state index is -0.107. The second-order valence-electron chi connectivity index (χ2n) is 8.35. The first-order valence-electron chi connectivity index (χ1n) is 11.1. The molecule has 1 N–H and O–H groups in total. The summed E-state index contributed by atoms with van der Waals surface area (Å²) in [5.74, 6) is -0.140. The van der Waals surface area contributed by atoms with Crippen molar-refractivity contribution < 1.29 is 14.4 Å². The van der Waals surface area contributed by atoms with E-state index in [0.29, 0.717) is 11.4 Å². The molecule has 1 saturated heterocycles. The number of aryl methyl sites for hydroxylation is 2. The number of nitrogens with one attached hydrogen (secondary N) is 1. The fourth-order valence-electron chi connectivity index (χ4n) is 3.94. The van der Waals surface area contributed by atoms with Gasteiger partial charge in [0.2, 0.25) is 5.91 Å². The van der Waals surface area contributed by atoms with Gasteiger partial charge in [-0.05, 0) is 57.5 Å². The molecule has 0 bridgehead atoms. The van der Waals surface area contributed by atoms with Crippen molar-refractivity contribution in [1.29, 1.82) is 0 Å². The maximum Gasteiger partial charge on any atom is 0.220 e. The number of hydrogen-bond acceptors (Lipinski definition) is 5. The Bertz CT molecular complexity index is 898. The second-order valence-corrected chi connectivity index (χ2v) is 9.63. The van der Waals surface area contributed by atoms with Crippen LogP contribution in [-0.2, 0) is 9.59 Å². The van der Waals surface area contributed by atoms with E-state index in [0.717, 1.165) is 18.0 Å². The van der Waals surface area contributed by atoms with Crippen LogP contribution >= 0.6 is 11.3 Å². The van der Waals surface area contributed by atoms with Crippen LogP contribution in [-0.4, -0.2) is 42.0 Å². The van der Waals surface area contributed by atoms with Gasteiger partial charge in [-0.2, -0.15) is 0 Å². The smallest absolute Gasteiger partial charge is 0.220 e. The Kier molecular flexibility index (Phi) is 8.55. The Labute approximate surface area is 188 Å². The maximum absolute atomic E-state index is 12.4. The third-order valence-corrected chi connectivity index (χ3v) is 6.85. The SMILES string of the molecule is Cc1ccc(C(CNC(=O)CCC(=O)CCC(=O)c2ccc(C)s2)N2CCCC2)cc1. The predicted octanol–water partition coefficient (Wildman–Crippen LogP) is 4.63. The lowest BCUT2D eigenvalue weighted by atomic mass is 10.0. The molecule has 6 heteroatoms. The number of benzene rings is 1. The molecule has 1 aromatic heterocycles. The zero-order valence-corrected chi connectivity index (χ0v) is 19.3. The molecule has 0 saturated carbocycles. The number of carbonyl (C=O) groups excluding carboxylic acids is 3. The van der Waals surface area contributed by atoms with E-state index in [1.54, 1.807) is 0 Å². The fourth-order valence-corrected chi connectivity index (χ4v) is 4.77. The number of nitrogens with zero attached hydrogens (tertiary/aromatic N) is 1. The van der Waals surface area contributed by atoms with E-state index in [4.69, 9.17) is 0 Å². The lowest BCUT2D eigenvalue weighted by Gasteiger charge is -2.28. The number of ketones is 2. The molecule has 1 atom stereocenters. The average Bonchev–Trinajstić information content (AvgIpc) is 3.44. The van der Waals surface area contributed by atoms with Gasteiger partial charge in [-0.1, -0.05) is 29.8 Å². The molecule has 1 fully saturated rings. The third-order valence-electron chi connectivity index (χ3n) is 5.81. The summed E-state index contributed by atoms with van der Waals surface area (Å²) in [7, 11) is 0. The van der Waals surface area contributed by atoms with E-state index in [1.807, 2.05) is 19.1 Å². The van der Waals surface area contributed by atoms with Crippen molar-refractivity contribution in [2.24, 2.45) is 0 Å². The quantitative estimate of drug-likeness (QED) is 0.517. The minimum Gasteiger partial charge on any atom is -0.354 e. The summed E-state index contributed by atoms with van der Waals surface area (Å²) in [6, 6.07) is 12.4. The zero-order valence-electron chi connectivity index (χ0n) is 18.5. The monoisotopic (exact) mass is 440 g/mol. The van der Waals surface area contributed by atoms with Crippen LogP contribution in [0, 0.1) is 13.8 Å². The molecule has 2 aromatic rings. The van der Waals surface area contributed by atoms with Crippen LogP contribution in [0.15, 0.2) is 36.4 Å². The molecule has 2 heterocycles. The Hall–Kier alpha value is -2.31. The van der Waals surface area contributed by atoms with Crippen molar-refractivity contribution in [2.45, 2.75) is 58.4 Å². The largest absolute Gasteiger partial charge is 0.354 e. The van der Waals surface area contributed by atoms with Crippen LogP contribution in [0.2, 0.25) is 0 Å². The van der Waals surface area contributed by atoms with Gasteiger partial charge in [0, 0.05) is 37.1 Å². The molecule has 1 aliphatic heterocycles. The van der Waals surface area contributed by atoms with E-state index in [9.17, 15) is 14.4 Å². The first-order chi connectivity index (χ1) is 14.9. The highest BCUT2D eigenvalue weighted by molar-refractivity contribution is 7.14. The summed E-state index contributed by atoms with van der Waals surface area (Å²) >= 11 is 1.46. The van der Waals surface area contributed by atoms with Crippen LogP contribution in [0.4, 0.5) is 0 Å². The number of likely N-dealkylation sites (tertiary alicyclic amines) is 1. The number of Topliss-reactive ketones (excluding diaryl/α,β-unsaturated/α-hetero) is 2. The molecule has 1 amide bonds. The van der Waals surface area contributed by atoms with Gasteiger partial charge < -0.3 is 5.32 Å². The summed E-state index contributed by atoms with van der Waals surface area (Å²) in [6.07, 6.45) is 3.14. The average molecular weight is 441 g/mol. The van der Waals surface area contributed by atoms with Crippen LogP contribution in [0.5, 0.6) is 0 Å². The summed E-state index contributed by atoms with van der Waals surface area (Å²) in [5.41, 5.74) is 2.44. The lowest BCUT2D eigenvalue weighted by Crippen LogP contribution is -2.36. The third kappa shape index (κ3) is 7.11. The first-order valence-corrected chi connectivity index (χ1v) is 11.9. The maximum atomic E-state index is 12.4. The summed E-state index contributed by atoms with van der Waals surface area (Å²) in [6.45, 7) is 6.67. The lowest BCUT2D eigenvalue weighted by molar-refractivity contribution is -0.125. The summed E-state index contributed by atoms with van der Waals surface area (Å²) in [4.78, 5) is 40.9. The zero-order chi connectivity index (χ0) is 22.2. The number of rotatable bonds is 11. The normalized spacial score (nSPS) is 15.0. The van der Waals surface area contributed by atoms with Crippen molar-refractivity contribution in [2.75, 3.05) is 19.6 Å². The molecule has 166 valence electrons. The highest BCUT2D eigenvalue weighted by atomic mass is 32.1. The van der Waals surface area contributed by atoms with E-state index in [2.05, 4.69) is 41.4 Å². The Morgan fingerprint density at radius 1 is 0.935 bits per heavy atom. The highest BCUT2D eigenvalue weighted by Gasteiger charge is 2.24. The molecule has 31 heavy (non-hydrogen) atoms. The van der Waals surface area contributed by atoms with Gasteiger partial charge in [-0.15, -0.1) is 11.3 Å². The molecule has 0 radical (unpaired) electrons. The Morgan fingerprint density at radius 3 is 2.26 bits per heavy atom. The van der Waals surface area contributed by atoms with Crippen molar-refractivity contribution in [3.63, 3.8) is 0 Å². The number of thiophene rings is 1. The Morgan fingerprint density at radius 2 is 1.61 bits per heavy atom. The van der Waals surface area contributed by atoms with E-state index >= 15 is 0 Å². The standard InChI is InChI=1S/C25H32N2O3S/c1-18-5-8-20(9-6-18)22(27-15-3-4-16-27)17-26-25(30)14-11-21(28)10-12-23(29)24-13-7-19(2)31-24/h5-9,13,22H,3-4,10-12,14-17H2,1-2H3,(H,26,30). The van der Waals surface area contributed by atoms with Gasteiger partial charge in [0.15, 0.2) is 5.78 Å². The molecular formula is C25H32N2O3S. The second kappa shape index (κ2) is 11.3. The molecule has 0 aliphatic carbocycles. The topological polar surface area (TPSA) is 66.5 Å². The van der Waals surface area contributed by atoms with Gasteiger partial charge in [-0.25, -0.2) is 0 Å².